The molecule has 0 spiro atoms. The molecule has 1 N–H and O–H groups in total. The van der Waals surface area contributed by atoms with Crippen molar-refractivity contribution in [2.24, 2.45) is 0 Å². The van der Waals surface area contributed by atoms with E-state index >= 15 is 0 Å². The molecule has 0 aliphatic carbocycles. The van der Waals surface area contributed by atoms with Crippen molar-refractivity contribution in [2.75, 3.05) is 6.26 Å². The van der Waals surface area contributed by atoms with E-state index in [-0.39, 0.29) is 22.0 Å². The number of carbonyl (C=O) groups excluding carboxylic acids is 1. The van der Waals surface area contributed by atoms with Crippen LogP contribution in [0.25, 0.3) is 17.2 Å². The van der Waals surface area contributed by atoms with Gasteiger partial charge in [0.25, 0.3) is 0 Å². The summed E-state index contributed by atoms with van der Waals surface area (Å²) in [5.74, 6) is -0.666. The number of cyclic esters (lactones) is 1. The first-order chi connectivity index (χ1) is 14.7. The van der Waals surface area contributed by atoms with Crippen LogP contribution in [0.2, 0.25) is 0 Å². The summed E-state index contributed by atoms with van der Waals surface area (Å²) in [6.45, 7) is 0. The van der Waals surface area contributed by atoms with E-state index < -0.39 is 21.6 Å². The van der Waals surface area contributed by atoms with Crippen LogP contribution in [0.1, 0.15) is 16.7 Å². The first-order valence-electron chi connectivity index (χ1n) is 9.26. The number of ether oxygens (including phenoxy) is 1. The van der Waals surface area contributed by atoms with Gasteiger partial charge in [-0.25, -0.2) is 17.6 Å². The van der Waals surface area contributed by atoms with Crippen LogP contribution in [0.4, 0.5) is 4.39 Å². The van der Waals surface area contributed by atoms with E-state index in [9.17, 15) is 22.7 Å². The molecule has 0 atom stereocenters. The number of esters is 1. The van der Waals surface area contributed by atoms with E-state index in [2.05, 4.69) is 0 Å². The summed E-state index contributed by atoms with van der Waals surface area (Å²) in [5.41, 5.74) is 2.44. The Labute approximate surface area is 178 Å². The summed E-state index contributed by atoms with van der Waals surface area (Å²) in [6, 6.07) is 17.9. The van der Waals surface area contributed by atoms with E-state index in [0.717, 1.165) is 6.26 Å². The minimum atomic E-state index is -3.38. The summed E-state index contributed by atoms with van der Waals surface area (Å²) in [4.78, 5) is 12.9. The van der Waals surface area contributed by atoms with Crippen molar-refractivity contribution in [3.05, 3.63) is 101 Å². The zero-order valence-electron chi connectivity index (χ0n) is 16.4. The fraction of sp³-hybridized carbons (Fsp3) is 0.0417. The third-order valence-electron chi connectivity index (χ3n) is 4.80. The largest absolute Gasteiger partial charge is 0.508 e. The van der Waals surface area contributed by atoms with Gasteiger partial charge < -0.3 is 9.84 Å². The van der Waals surface area contributed by atoms with Crippen molar-refractivity contribution in [2.45, 2.75) is 4.90 Å². The normalized spacial score (nSPS) is 15.4. The monoisotopic (exact) mass is 436 g/mol. The molecule has 4 rings (SSSR count). The summed E-state index contributed by atoms with van der Waals surface area (Å²) < 4.78 is 42.6. The number of benzene rings is 3. The molecule has 7 heteroatoms. The molecule has 0 saturated carbocycles. The lowest BCUT2D eigenvalue weighted by molar-refractivity contribution is -0.131. The molecule has 1 aliphatic heterocycles. The minimum absolute atomic E-state index is 0.102. The van der Waals surface area contributed by atoms with Crippen LogP contribution in [0.5, 0.6) is 5.75 Å². The highest BCUT2D eigenvalue weighted by molar-refractivity contribution is 7.90. The Kier molecular flexibility index (Phi) is 5.20. The van der Waals surface area contributed by atoms with Gasteiger partial charge in [0.1, 0.15) is 17.3 Å². The fourth-order valence-electron chi connectivity index (χ4n) is 3.28. The number of phenols is 1. The van der Waals surface area contributed by atoms with Gasteiger partial charge in [-0.15, -0.1) is 0 Å². The molecule has 0 radical (unpaired) electrons. The second-order valence-corrected chi connectivity index (χ2v) is 9.06. The second-order valence-electron chi connectivity index (χ2n) is 7.04. The van der Waals surface area contributed by atoms with Crippen molar-refractivity contribution < 1.29 is 27.4 Å². The SMILES string of the molecule is CS(=O)(=O)c1ccc(C2=C(c3ccc(F)cc3)C(=O)O/C2=C\c2ccc(O)cc2)cc1. The number of allylic oxidation sites excluding steroid dienone is 1. The van der Waals surface area contributed by atoms with Gasteiger partial charge in [-0.2, -0.15) is 0 Å². The number of hydrogen-bond acceptors (Lipinski definition) is 5. The average molecular weight is 436 g/mol. The lowest BCUT2D eigenvalue weighted by Gasteiger charge is -2.08. The maximum absolute atomic E-state index is 13.4. The van der Waals surface area contributed by atoms with Crippen LogP contribution in [0, 0.1) is 5.82 Å². The van der Waals surface area contributed by atoms with Crippen LogP contribution in [0.3, 0.4) is 0 Å². The number of sulfone groups is 1. The number of rotatable bonds is 4. The molecule has 0 amide bonds. The zero-order valence-corrected chi connectivity index (χ0v) is 17.2. The van der Waals surface area contributed by atoms with Gasteiger partial charge in [-0.3, -0.25) is 0 Å². The maximum atomic E-state index is 13.4. The van der Waals surface area contributed by atoms with Crippen LogP contribution in [-0.4, -0.2) is 25.7 Å². The Hall–Kier alpha value is -3.71. The third-order valence-corrected chi connectivity index (χ3v) is 5.93. The molecular weight excluding hydrogens is 419 g/mol. The number of hydrogen-bond donors (Lipinski definition) is 1. The Morgan fingerprint density at radius 2 is 1.39 bits per heavy atom. The number of aromatic hydroxyl groups is 1. The van der Waals surface area contributed by atoms with Gasteiger partial charge in [-0.05, 0) is 59.2 Å². The molecule has 0 saturated heterocycles. The third kappa shape index (κ3) is 4.27. The highest BCUT2D eigenvalue weighted by Crippen LogP contribution is 2.41. The molecule has 0 aromatic heterocycles. The zero-order chi connectivity index (χ0) is 22.2. The Morgan fingerprint density at radius 1 is 0.839 bits per heavy atom. The number of phenolic OH excluding ortho intramolecular Hbond substituents is 1. The first kappa shape index (κ1) is 20.6. The van der Waals surface area contributed by atoms with Crippen LogP contribution in [-0.2, 0) is 19.4 Å². The predicted octanol–water partition coefficient (Wildman–Crippen LogP) is 4.44. The van der Waals surface area contributed by atoms with E-state index in [1.807, 2.05) is 0 Å². The predicted molar refractivity (Wildman–Crippen MR) is 115 cm³/mol. The van der Waals surface area contributed by atoms with Crippen LogP contribution < -0.4 is 0 Å². The Morgan fingerprint density at radius 3 is 1.97 bits per heavy atom. The van der Waals surface area contributed by atoms with Gasteiger partial charge in [-0.1, -0.05) is 36.4 Å². The maximum Gasteiger partial charge on any atom is 0.344 e. The summed E-state index contributed by atoms with van der Waals surface area (Å²) in [7, 11) is -3.38. The molecule has 3 aromatic carbocycles. The van der Waals surface area contributed by atoms with Gasteiger partial charge in [0, 0.05) is 11.8 Å². The molecule has 0 bridgehead atoms. The van der Waals surface area contributed by atoms with E-state index in [1.54, 1.807) is 30.3 Å². The molecular formula is C24H17FO5S. The standard InChI is InChI=1S/C24H17FO5S/c1-31(28,29)20-12-6-16(7-13-20)22-21(14-15-2-10-19(26)11-3-15)30-24(27)23(22)17-4-8-18(25)9-5-17/h2-14,26H,1H3/b21-14-. The van der Waals surface area contributed by atoms with Crippen molar-refractivity contribution >= 4 is 33.0 Å². The van der Waals surface area contributed by atoms with E-state index in [4.69, 9.17) is 4.74 Å². The summed E-state index contributed by atoms with van der Waals surface area (Å²) >= 11 is 0. The average Bonchev–Trinajstić information content (AvgIpc) is 3.05. The van der Waals surface area contributed by atoms with Crippen LogP contribution in [0.15, 0.2) is 83.5 Å². The topological polar surface area (TPSA) is 80.7 Å². The lowest BCUT2D eigenvalue weighted by atomic mass is 9.94. The molecule has 1 aliphatic rings. The fourth-order valence-corrected chi connectivity index (χ4v) is 3.92. The van der Waals surface area contributed by atoms with Gasteiger partial charge >= 0.3 is 5.97 Å². The van der Waals surface area contributed by atoms with Crippen molar-refractivity contribution in [3.63, 3.8) is 0 Å². The molecule has 0 unspecified atom stereocenters. The van der Waals surface area contributed by atoms with Gasteiger partial charge in [0.05, 0.1) is 10.5 Å². The van der Waals surface area contributed by atoms with Crippen molar-refractivity contribution in [1.29, 1.82) is 0 Å². The molecule has 31 heavy (non-hydrogen) atoms. The highest BCUT2D eigenvalue weighted by Gasteiger charge is 2.32. The van der Waals surface area contributed by atoms with Crippen LogP contribution >= 0.6 is 0 Å². The van der Waals surface area contributed by atoms with E-state index in [1.165, 1.54) is 48.5 Å². The van der Waals surface area contributed by atoms with Gasteiger partial charge in [0.15, 0.2) is 9.84 Å². The summed E-state index contributed by atoms with van der Waals surface area (Å²) in [6.07, 6.45) is 2.76. The quantitative estimate of drug-likeness (QED) is 0.612. The molecule has 0 fully saturated rings. The second kappa shape index (κ2) is 7.85. The number of halogens is 1. The molecule has 5 nitrogen and oxygen atoms in total. The lowest BCUT2D eigenvalue weighted by Crippen LogP contribution is -1.98. The molecule has 156 valence electrons. The molecule has 1 heterocycles. The highest BCUT2D eigenvalue weighted by atomic mass is 32.2. The summed E-state index contributed by atoms with van der Waals surface area (Å²) in [5, 5.41) is 9.50. The Balaban J connectivity index is 1.91. The number of carbonyl (C=O) groups is 1. The van der Waals surface area contributed by atoms with E-state index in [0.29, 0.717) is 22.3 Å². The van der Waals surface area contributed by atoms with Crippen molar-refractivity contribution in [1.82, 2.24) is 0 Å². The molecule has 3 aromatic rings. The van der Waals surface area contributed by atoms with Crippen molar-refractivity contribution in [3.8, 4) is 5.75 Å². The minimum Gasteiger partial charge on any atom is -0.508 e. The first-order valence-corrected chi connectivity index (χ1v) is 11.2. The Bertz CT molecular complexity index is 1320. The van der Waals surface area contributed by atoms with Gasteiger partial charge in [0.2, 0.25) is 0 Å². The smallest absolute Gasteiger partial charge is 0.344 e.